The summed E-state index contributed by atoms with van der Waals surface area (Å²) in [7, 11) is 1.50. The molecule has 0 bridgehead atoms. The van der Waals surface area contributed by atoms with Gasteiger partial charge >= 0.3 is 6.03 Å². The highest BCUT2D eigenvalue weighted by molar-refractivity contribution is 9.18. The van der Waals surface area contributed by atoms with E-state index in [0.717, 1.165) is 0 Å². The summed E-state index contributed by atoms with van der Waals surface area (Å²) in [6, 6.07) is 3.93. The van der Waals surface area contributed by atoms with E-state index in [9.17, 15) is 24.5 Å². The number of fused-ring (bicyclic) bond motifs is 1. The molecule has 130 valence electrons. The minimum Gasteiger partial charge on any atom is -0.327 e. The van der Waals surface area contributed by atoms with E-state index in [-0.39, 0.29) is 22.5 Å². The van der Waals surface area contributed by atoms with Crippen LogP contribution in [0, 0.1) is 10.1 Å². The molecule has 1 fully saturated rings. The summed E-state index contributed by atoms with van der Waals surface area (Å²) in [6.07, 6.45) is -0.742. The second-order valence-corrected chi connectivity index (χ2v) is 6.23. The number of nitro benzene ring substituents is 1. The third-order valence-electron chi connectivity index (χ3n) is 4.00. The molecule has 2 aliphatic rings. The van der Waals surface area contributed by atoms with Crippen molar-refractivity contribution in [2.45, 2.75) is 12.2 Å². The number of carbonyl (C=O) groups excluding carboxylic acids is 3. The Bertz CT molecular complexity index is 826. The molecular formula is C14H12BrN5O5. The molecule has 0 aromatic heterocycles. The maximum absolute atomic E-state index is 12.5. The lowest BCUT2D eigenvalue weighted by Gasteiger charge is -2.35. The number of amidine groups is 1. The zero-order valence-corrected chi connectivity index (χ0v) is 14.5. The van der Waals surface area contributed by atoms with Gasteiger partial charge in [-0.15, -0.1) is 0 Å². The number of halogens is 1. The van der Waals surface area contributed by atoms with Crippen LogP contribution in [0.5, 0.6) is 0 Å². The average molecular weight is 410 g/mol. The first-order valence-electron chi connectivity index (χ1n) is 7.15. The number of non-ortho nitro benzene ring substituents is 1. The minimum absolute atomic E-state index is 0.151. The van der Waals surface area contributed by atoms with Crippen molar-refractivity contribution >= 4 is 44.1 Å². The maximum atomic E-state index is 12.5. The Morgan fingerprint density at radius 3 is 2.84 bits per heavy atom. The van der Waals surface area contributed by atoms with Crippen LogP contribution in [0.2, 0.25) is 0 Å². The van der Waals surface area contributed by atoms with E-state index in [2.05, 4.69) is 26.2 Å². The molecule has 3 amide bonds. The van der Waals surface area contributed by atoms with E-state index < -0.39 is 34.9 Å². The van der Waals surface area contributed by atoms with Crippen LogP contribution >= 0.6 is 15.9 Å². The monoisotopic (exact) mass is 409 g/mol. The van der Waals surface area contributed by atoms with Crippen molar-refractivity contribution in [3.05, 3.63) is 39.9 Å². The molecule has 25 heavy (non-hydrogen) atoms. The number of likely N-dealkylation sites (N-methyl/N-ethyl adjacent to an activating group) is 1. The molecule has 3 rings (SSSR count). The van der Waals surface area contributed by atoms with E-state index in [1.54, 1.807) is 0 Å². The fraction of sp³-hybridized carbons (Fsp3) is 0.286. The first-order valence-corrected chi connectivity index (χ1v) is 7.94. The van der Waals surface area contributed by atoms with Crippen LogP contribution in [-0.4, -0.2) is 63.0 Å². The smallest absolute Gasteiger partial charge is 0.325 e. The number of nitrogens with one attached hydrogen (secondary N) is 1. The highest BCUT2D eigenvalue weighted by Crippen LogP contribution is 2.26. The number of amides is 3. The topological polar surface area (TPSA) is 125 Å². The van der Waals surface area contributed by atoms with Crippen LogP contribution < -0.4 is 5.32 Å². The Morgan fingerprint density at radius 2 is 2.16 bits per heavy atom. The molecule has 1 aromatic rings. The number of Topliss-reactive ketones (excluding diaryl/α,β-unsaturated/α-hetero) is 1. The first kappa shape index (κ1) is 17.0. The molecular weight excluding hydrogens is 398 g/mol. The fourth-order valence-electron chi connectivity index (χ4n) is 2.70. The number of nitrogens with zero attached hydrogens (tertiary/aromatic N) is 4. The van der Waals surface area contributed by atoms with Crippen LogP contribution in [0.15, 0.2) is 29.3 Å². The van der Waals surface area contributed by atoms with E-state index in [0.29, 0.717) is 0 Å². The number of ketones is 1. The Kier molecular flexibility index (Phi) is 4.25. The van der Waals surface area contributed by atoms with Gasteiger partial charge in [-0.1, -0.05) is 12.1 Å². The predicted molar refractivity (Wildman–Crippen MR) is 89.4 cm³/mol. The van der Waals surface area contributed by atoms with Gasteiger partial charge in [-0.3, -0.25) is 25.0 Å². The van der Waals surface area contributed by atoms with Gasteiger partial charge in [-0.2, -0.15) is 0 Å². The van der Waals surface area contributed by atoms with Gasteiger partial charge in [0.15, 0.2) is 22.7 Å². The fourth-order valence-corrected chi connectivity index (χ4v) is 3.25. The van der Waals surface area contributed by atoms with Gasteiger partial charge in [0, 0.05) is 24.7 Å². The molecule has 1 aromatic carbocycles. The SMILES string of the molecule is CN1C(=O)NC(=O)C2C1N=C(Br)N2CC(=O)c1cccc([N+](=O)[O-])c1. The van der Waals surface area contributed by atoms with Crippen molar-refractivity contribution in [2.75, 3.05) is 13.6 Å². The molecule has 0 radical (unpaired) electrons. The van der Waals surface area contributed by atoms with Gasteiger partial charge in [-0.05, 0) is 15.9 Å². The van der Waals surface area contributed by atoms with Crippen molar-refractivity contribution < 1.29 is 19.3 Å². The minimum atomic E-state index is -0.847. The first-order chi connectivity index (χ1) is 11.8. The van der Waals surface area contributed by atoms with Gasteiger partial charge in [0.05, 0.1) is 11.5 Å². The van der Waals surface area contributed by atoms with Gasteiger partial charge in [0.2, 0.25) is 0 Å². The number of nitro groups is 1. The van der Waals surface area contributed by atoms with Crippen LogP contribution in [0.4, 0.5) is 10.5 Å². The summed E-state index contributed by atoms with van der Waals surface area (Å²) in [4.78, 5) is 53.5. The van der Waals surface area contributed by atoms with Crippen LogP contribution in [-0.2, 0) is 4.79 Å². The zero-order valence-electron chi connectivity index (χ0n) is 12.9. The summed E-state index contributed by atoms with van der Waals surface area (Å²) < 4.78 is 0.262. The predicted octanol–water partition coefficient (Wildman–Crippen LogP) is 0.720. The summed E-state index contributed by atoms with van der Waals surface area (Å²) >= 11 is 3.21. The van der Waals surface area contributed by atoms with E-state index in [1.165, 1.54) is 41.1 Å². The Hall–Kier alpha value is -2.82. The summed E-state index contributed by atoms with van der Waals surface area (Å²) in [6.45, 7) is -0.220. The summed E-state index contributed by atoms with van der Waals surface area (Å²) in [5.41, 5.74) is -0.0442. The van der Waals surface area contributed by atoms with Crippen LogP contribution in [0.3, 0.4) is 0 Å². The number of urea groups is 1. The molecule has 2 heterocycles. The molecule has 1 N–H and O–H groups in total. The summed E-state index contributed by atoms with van der Waals surface area (Å²) in [5, 5.41) is 13.0. The second-order valence-electron chi connectivity index (χ2n) is 5.52. The number of hydrogen-bond donors (Lipinski definition) is 1. The molecule has 11 heteroatoms. The van der Waals surface area contributed by atoms with E-state index in [1.807, 2.05) is 0 Å². The number of rotatable bonds is 4. The van der Waals surface area contributed by atoms with Gasteiger partial charge in [0.25, 0.3) is 11.6 Å². The number of aliphatic imine (C=N–C) groups is 1. The highest BCUT2D eigenvalue weighted by Gasteiger charge is 2.48. The number of imide groups is 1. The molecule has 0 aliphatic carbocycles. The normalized spacial score (nSPS) is 22.4. The van der Waals surface area contributed by atoms with Crippen LogP contribution in [0.1, 0.15) is 10.4 Å². The molecule has 1 saturated heterocycles. The molecule has 10 nitrogen and oxygen atoms in total. The lowest BCUT2D eigenvalue weighted by atomic mass is 10.1. The highest BCUT2D eigenvalue weighted by atomic mass is 79.9. The lowest BCUT2D eigenvalue weighted by molar-refractivity contribution is -0.384. The van der Waals surface area contributed by atoms with Crippen LogP contribution in [0.25, 0.3) is 0 Å². The lowest BCUT2D eigenvalue weighted by Crippen LogP contribution is -2.63. The van der Waals surface area contributed by atoms with Crippen molar-refractivity contribution in [2.24, 2.45) is 4.99 Å². The number of benzene rings is 1. The van der Waals surface area contributed by atoms with Crippen molar-refractivity contribution in [3.8, 4) is 0 Å². The Labute approximate surface area is 149 Å². The maximum Gasteiger partial charge on any atom is 0.325 e. The molecule has 2 aliphatic heterocycles. The zero-order chi connectivity index (χ0) is 18.3. The third kappa shape index (κ3) is 2.97. The Morgan fingerprint density at radius 1 is 1.44 bits per heavy atom. The van der Waals surface area contributed by atoms with Gasteiger partial charge in [0.1, 0.15) is 0 Å². The molecule has 2 atom stereocenters. The second kappa shape index (κ2) is 6.24. The largest absolute Gasteiger partial charge is 0.327 e. The van der Waals surface area contributed by atoms with E-state index >= 15 is 0 Å². The van der Waals surface area contributed by atoms with Crippen molar-refractivity contribution in [1.29, 1.82) is 0 Å². The van der Waals surface area contributed by atoms with Gasteiger partial charge in [-0.25, -0.2) is 9.79 Å². The molecule has 2 unspecified atom stereocenters. The molecule has 0 saturated carbocycles. The average Bonchev–Trinajstić information content (AvgIpc) is 2.90. The Balaban J connectivity index is 1.83. The van der Waals surface area contributed by atoms with E-state index in [4.69, 9.17) is 0 Å². The number of carbonyl (C=O) groups is 3. The number of hydrogen-bond acceptors (Lipinski definition) is 7. The summed E-state index contributed by atoms with van der Waals surface area (Å²) in [5.74, 6) is -0.970. The van der Waals surface area contributed by atoms with Crippen molar-refractivity contribution in [3.63, 3.8) is 0 Å². The van der Waals surface area contributed by atoms with Gasteiger partial charge < -0.3 is 9.80 Å². The standard InChI is InChI=1S/C14H12BrN5O5/c1-18-11-10(12(22)17-14(18)23)19(13(15)16-11)6-9(21)7-3-2-4-8(5-7)20(24)25/h2-5,10-11H,6H2,1H3,(H,17,22,23). The quantitative estimate of drug-likeness (QED) is 0.338. The third-order valence-corrected chi connectivity index (χ3v) is 4.66. The molecule has 0 spiro atoms. The van der Waals surface area contributed by atoms with Crippen molar-refractivity contribution in [1.82, 2.24) is 15.1 Å².